The maximum absolute atomic E-state index is 5.88. The van der Waals surface area contributed by atoms with Crippen molar-refractivity contribution in [3.8, 4) is 0 Å². The standard InChI is InChI=1S/C12H18.C6H6Cl6/c1-2-3-4-6-9-12-10-7-5-8-11-12;7-1-2(8)4(10)6(12)5(11)3(1)9/h5,7-8,10-11H,2-4,6,9H2,1H3;1-6H/t;1-,2-,3-,4+,5+,6+. The number of unbranched alkanes of at least 4 members (excludes halogenated alkanes) is 3. The second-order valence-electron chi connectivity index (χ2n) is 5.96. The van der Waals surface area contributed by atoms with Crippen LogP contribution in [0.15, 0.2) is 30.3 Å². The van der Waals surface area contributed by atoms with Gasteiger partial charge in [-0.2, -0.15) is 0 Å². The minimum absolute atomic E-state index is 0.437. The predicted molar refractivity (Wildman–Crippen MR) is 112 cm³/mol. The smallest absolute Gasteiger partial charge is 0.0693 e. The molecule has 1 aromatic carbocycles. The van der Waals surface area contributed by atoms with Crippen molar-refractivity contribution in [2.24, 2.45) is 0 Å². The molecule has 0 nitrogen and oxygen atoms in total. The Hall–Kier alpha value is 0.960. The molecule has 0 heterocycles. The molecule has 1 aliphatic carbocycles. The molecule has 0 radical (unpaired) electrons. The van der Waals surface area contributed by atoms with Crippen LogP contribution < -0.4 is 0 Å². The SMILES string of the molecule is CCCCCCc1ccccc1.Cl[C@H]1[C@H](Cl)[C@@H](Cl)[C@@H](Cl)[C@H](Cl)[C@H]1Cl. The molecular formula is C18H24Cl6. The molecule has 0 saturated heterocycles. The monoisotopic (exact) mass is 450 g/mol. The highest BCUT2D eigenvalue weighted by Gasteiger charge is 2.46. The highest BCUT2D eigenvalue weighted by molar-refractivity contribution is 6.45. The summed E-state index contributed by atoms with van der Waals surface area (Å²) in [5.41, 5.74) is 1.48. The molecular weight excluding hydrogens is 429 g/mol. The van der Waals surface area contributed by atoms with Gasteiger partial charge in [-0.1, -0.05) is 56.5 Å². The van der Waals surface area contributed by atoms with Crippen molar-refractivity contribution in [1.82, 2.24) is 0 Å². The maximum atomic E-state index is 5.88. The van der Waals surface area contributed by atoms with Crippen molar-refractivity contribution < 1.29 is 0 Å². The van der Waals surface area contributed by atoms with Crippen molar-refractivity contribution in [1.29, 1.82) is 0 Å². The van der Waals surface area contributed by atoms with Crippen LogP contribution >= 0.6 is 69.6 Å². The molecule has 1 saturated carbocycles. The highest BCUT2D eigenvalue weighted by atomic mass is 35.5. The third-order valence-corrected chi connectivity index (χ3v) is 8.02. The molecule has 2 rings (SSSR count). The summed E-state index contributed by atoms with van der Waals surface area (Å²) in [5.74, 6) is 0. The van der Waals surface area contributed by atoms with E-state index in [4.69, 9.17) is 69.6 Å². The van der Waals surface area contributed by atoms with E-state index in [1.54, 1.807) is 0 Å². The lowest BCUT2D eigenvalue weighted by atomic mass is 9.97. The van der Waals surface area contributed by atoms with Crippen LogP contribution in [0.5, 0.6) is 0 Å². The average molecular weight is 453 g/mol. The van der Waals surface area contributed by atoms with Crippen LogP contribution in [0.3, 0.4) is 0 Å². The van der Waals surface area contributed by atoms with E-state index in [0.717, 1.165) is 0 Å². The Bertz CT molecular complexity index is 382. The molecule has 0 aromatic heterocycles. The predicted octanol–water partition coefficient (Wildman–Crippen LogP) is 7.45. The molecule has 0 unspecified atom stereocenters. The van der Waals surface area contributed by atoms with Gasteiger partial charge in [0.2, 0.25) is 0 Å². The Labute approximate surface area is 176 Å². The normalized spacial score (nSPS) is 32.8. The van der Waals surface area contributed by atoms with Gasteiger partial charge >= 0.3 is 0 Å². The van der Waals surface area contributed by atoms with Gasteiger partial charge in [0.1, 0.15) is 0 Å². The van der Waals surface area contributed by atoms with Crippen LogP contribution in [0.25, 0.3) is 0 Å². The molecule has 0 amide bonds. The molecule has 1 aromatic rings. The lowest BCUT2D eigenvalue weighted by molar-refractivity contribution is 0.544. The molecule has 0 aliphatic heterocycles. The Morgan fingerprint density at radius 3 is 1.42 bits per heavy atom. The van der Waals surface area contributed by atoms with Gasteiger partial charge in [0.25, 0.3) is 0 Å². The molecule has 1 aliphatic rings. The van der Waals surface area contributed by atoms with Crippen LogP contribution in [-0.2, 0) is 6.42 Å². The lowest BCUT2D eigenvalue weighted by Gasteiger charge is -2.37. The number of benzene rings is 1. The fourth-order valence-electron chi connectivity index (χ4n) is 2.45. The van der Waals surface area contributed by atoms with Crippen LogP contribution in [0, 0.1) is 0 Å². The van der Waals surface area contributed by atoms with E-state index in [0.29, 0.717) is 0 Å². The number of hydrogen-bond acceptors (Lipinski definition) is 0. The van der Waals surface area contributed by atoms with E-state index in [1.165, 1.54) is 37.7 Å². The van der Waals surface area contributed by atoms with Crippen molar-refractivity contribution in [2.45, 2.75) is 71.3 Å². The van der Waals surface area contributed by atoms with Crippen molar-refractivity contribution in [2.75, 3.05) is 0 Å². The van der Waals surface area contributed by atoms with Crippen molar-refractivity contribution in [3.05, 3.63) is 35.9 Å². The van der Waals surface area contributed by atoms with E-state index < -0.39 is 32.3 Å². The van der Waals surface area contributed by atoms with E-state index in [9.17, 15) is 0 Å². The maximum Gasteiger partial charge on any atom is 0.0693 e. The number of hydrogen-bond donors (Lipinski definition) is 0. The van der Waals surface area contributed by atoms with E-state index in [2.05, 4.69) is 37.3 Å². The zero-order valence-corrected chi connectivity index (χ0v) is 18.2. The summed E-state index contributed by atoms with van der Waals surface area (Å²) >= 11 is 35.3. The second-order valence-corrected chi connectivity index (χ2v) is 8.99. The van der Waals surface area contributed by atoms with Crippen molar-refractivity contribution in [3.63, 3.8) is 0 Å². The second kappa shape index (κ2) is 12.4. The molecule has 138 valence electrons. The molecule has 0 spiro atoms. The Morgan fingerprint density at radius 2 is 1.04 bits per heavy atom. The number of aryl methyl sites for hydroxylation is 1. The molecule has 0 atom stereocenters. The summed E-state index contributed by atoms with van der Waals surface area (Å²) < 4.78 is 0. The average Bonchev–Trinajstić information content (AvgIpc) is 2.62. The summed E-state index contributed by atoms with van der Waals surface area (Å²) in [7, 11) is 0. The third kappa shape index (κ3) is 7.29. The minimum atomic E-state index is -0.437. The first-order chi connectivity index (χ1) is 11.4. The molecule has 24 heavy (non-hydrogen) atoms. The topological polar surface area (TPSA) is 0 Å². The van der Waals surface area contributed by atoms with E-state index in [-0.39, 0.29) is 0 Å². The first kappa shape index (κ1) is 23.0. The highest BCUT2D eigenvalue weighted by Crippen LogP contribution is 2.39. The summed E-state index contributed by atoms with van der Waals surface area (Å²) in [6.07, 6.45) is 6.69. The van der Waals surface area contributed by atoms with Gasteiger partial charge in [0.05, 0.1) is 32.3 Å². The van der Waals surface area contributed by atoms with Crippen molar-refractivity contribution >= 4 is 69.6 Å². The Morgan fingerprint density at radius 1 is 0.625 bits per heavy atom. The van der Waals surface area contributed by atoms with Gasteiger partial charge in [-0.25, -0.2) is 0 Å². The number of rotatable bonds is 5. The zero-order valence-electron chi connectivity index (χ0n) is 13.7. The molecule has 0 bridgehead atoms. The summed E-state index contributed by atoms with van der Waals surface area (Å²) in [6.45, 7) is 2.25. The number of alkyl halides is 6. The summed E-state index contributed by atoms with van der Waals surface area (Å²) in [4.78, 5) is 0. The molecule has 1 fully saturated rings. The molecule has 6 heteroatoms. The fraction of sp³-hybridized carbons (Fsp3) is 0.667. The largest absolute Gasteiger partial charge is 0.120 e. The van der Waals surface area contributed by atoms with Gasteiger partial charge in [-0.15, -0.1) is 69.6 Å². The summed E-state index contributed by atoms with van der Waals surface area (Å²) in [5, 5.41) is -2.62. The van der Waals surface area contributed by atoms with E-state index in [1.807, 2.05) is 0 Å². The minimum Gasteiger partial charge on any atom is -0.120 e. The van der Waals surface area contributed by atoms with Crippen LogP contribution in [0.4, 0.5) is 0 Å². The van der Waals surface area contributed by atoms with Crippen LogP contribution in [-0.4, -0.2) is 32.3 Å². The van der Waals surface area contributed by atoms with E-state index >= 15 is 0 Å². The third-order valence-electron chi connectivity index (χ3n) is 3.99. The first-order valence-electron chi connectivity index (χ1n) is 8.28. The fourth-order valence-corrected chi connectivity index (χ4v) is 4.78. The zero-order chi connectivity index (χ0) is 18.1. The van der Waals surface area contributed by atoms with Crippen LogP contribution in [0.2, 0.25) is 0 Å². The molecule has 0 N–H and O–H groups in total. The van der Waals surface area contributed by atoms with Gasteiger partial charge in [-0.3, -0.25) is 0 Å². The Balaban J connectivity index is 0.000000240. The van der Waals surface area contributed by atoms with Gasteiger partial charge in [0.15, 0.2) is 0 Å². The Kier molecular flexibility index (Phi) is 11.9. The van der Waals surface area contributed by atoms with Gasteiger partial charge in [0, 0.05) is 0 Å². The number of halogens is 6. The lowest BCUT2D eigenvalue weighted by Crippen LogP contribution is -2.52. The summed E-state index contributed by atoms with van der Waals surface area (Å²) in [6, 6.07) is 10.7. The first-order valence-corrected chi connectivity index (χ1v) is 10.9. The van der Waals surface area contributed by atoms with Gasteiger partial charge < -0.3 is 0 Å². The van der Waals surface area contributed by atoms with Gasteiger partial charge in [-0.05, 0) is 18.4 Å². The van der Waals surface area contributed by atoms with Crippen LogP contribution in [0.1, 0.15) is 38.2 Å². The quantitative estimate of drug-likeness (QED) is 0.321.